The number of aromatic carboxylic acids is 1. The molecule has 6 heteroatoms. The Morgan fingerprint density at radius 2 is 2.11 bits per heavy atom. The van der Waals surface area contributed by atoms with Crippen LogP contribution in [0.15, 0.2) is 29.2 Å². The lowest BCUT2D eigenvalue weighted by Crippen LogP contribution is -2.41. The van der Waals surface area contributed by atoms with E-state index in [4.69, 9.17) is 5.11 Å². The number of sulfonamides is 1. The van der Waals surface area contributed by atoms with Gasteiger partial charge in [-0.05, 0) is 38.0 Å². The molecule has 5 nitrogen and oxygen atoms in total. The molecule has 2 rings (SSSR count). The summed E-state index contributed by atoms with van der Waals surface area (Å²) in [6.45, 7) is 2.39. The third-order valence-electron chi connectivity index (χ3n) is 3.43. The Labute approximate surface area is 112 Å². The van der Waals surface area contributed by atoms with Crippen LogP contribution in [0.5, 0.6) is 0 Å². The molecule has 1 N–H and O–H groups in total. The van der Waals surface area contributed by atoms with E-state index in [0.717, 1.165) is 19.3 Å². The van der Waals surface area contributed by atoms with Gasteiger partial charge in [-0.2, -0.15) is 4.31 Å². The van der Waals surface area contributed by atoms with Crippen LogP contribution in [0.2, 0.25) is 0 Å². The lowest BCUT2D eigenvalue weighted by molar-refractivity contribution is 0.0696. The van der Waals surface area contributed by atoms with Gasteiger partial charge in [-0.3, -0.25) is 0 Å². The minimum absolute atomic E-state index is 0.00858. The molecule has 1 aromatic carbocycles. The van der Waals surface area contributed by atoms with Crippen molar-refractivity contribution < 1.29 is 18.3 Å². The number of nitrogens with zero attached hydrogens (tertiary/aromatic N) is 1. The Bertz CT molecular complexity index is 582. The molecule has 0 spiro atoms. The number of benzene rings is 1. The van der Waals surface area contributed by atoms with Crippen LogP contribution in [0.25, 0.3) is 0 Å². The fourth-order valence-corrected chi connectivity index (χ4v) is 4.10. The normalized spacial score (nSPS) is 21.2. The van der Waals surface area contributed by atoms with Gasteiger partial charge in [0.15, 0.2) is 0 Å². The predicted molar refractivity (Wildman–Crippen MR) is 70.6 cm³/mol. The Hall–Kier alpha value is -1.40. The molecular formula is C13H17NO4S. The number of hydrogen-bond donors (Lipinski definition) is 1. The number of carboxylic acids is 1. The molecule has 1 saturated heterocycles. The molecule has 1 heterocycles. The molecule has 104 valence electrons. The van der Waals surface area contributed by atoms with Crippen molar-refractivity contribution in [2.45, 2.75) is 37.1 Å². The topological polar surface area (TPSA) is 74.7 Å². The molecule has 0 amide bonds. The summed E-state index contributed by atoms with van der Waals surface area (Å²) in [5, 5.41) is 8.93. The maximum Gasteiger partial charge on any atom is 0.335 e. The second-order valence-corrected chi connectivity index (χ2v) is 6.68. The van der Waals surface area contributed by atoms with E-state index in [9.17, 15) is 13.2 Å². The van der Waals surface area contributed by atoms with E-state index < -0.39 is 16.0 Å². The van der Waals surface area contributed by atoms with E-state index in [1.807, 2.05) is 6.92 Å². The van der Waals surface area contributed by atoms with Gasteiger partial charge in [-0.15, -0.1) is 0 Å². The largest absolute Gasteiger partial charge is 0.478 e. The lowest BCUT2D eigenvalue weighted by Gasteiger charge is -2.32. The number of carbonyl (C=O) groups is 1. The van der Waals surface area contributed by atoms with Gasteiger partial charge < -0.3 is 5.11 Å². The first-order valence-electron chi connectivity index (χ1n) is 6.28. The van der Waals surface area contributed by atoms with Crippen LogP contribution in [0.1, 0.15) is 36.5 Å². The average Bonchev–Trinajstić information content (AvgIpc) is 2.39. The van der Waals surface area contributed by atoms with Crippen LogP contribution in [0.4, 0.5) is 0 Å². The number of carboxylic acid groups (broad SMARTS) is 1. The van der Waals surface area contributed by atoms with Crippen LogP contribution >= 0.6 is 0 Å². The smallest absolute Gasteiger partial charge is 0.335 e. The van der Waals surface area contributed by atoms with Crippen molar-refractivity contribution in [3.05, 3.63) is 29.8 Å². The zero-order chi connectivity index (χ0) is 14.0. The molecule has 0 aliphatic carbocycles. The summed E-state index contributed by atoms with van der Waals surface area (Å²) in [7, 11) is -3.60. The first-order valence-corrected chi connectivity index (χ1v) is 7.72. The van der Waals surface area contributed by atoms with E-state index in [1.54, 1.807) is 0 Å². The number of rotatable bonds is 3. The van der Waals surface area contributed by atoms with Crippen LogP contribution in [0.3, 0.4) is 0 Å². The predicted octanol–water partition coefficient (Wildman–Crippen LogP) is 1.95. The lowest BCUT2D eigenvalue weighted by atomic mass is 10.1. The summed E-state index contributed by atoms with van der Waals surface area (Å²) in [5.41, 5.74) is -0.00858. The molecule has 0 saturated carbocycles. The minimum atomic E-state index is -3.60. The molecule has 1 fully saturated rings. The highest BCUT2D eigenvalue weighted by Crippen LogP contribution is 2.25. The van der Waals surface area contributed by atoms with E-state index >= 15 is 0 Å². The highest BCUT2D eigenvalue weighted by atomic mass is 32.2. The van der Waals surface area contributed by atoms with Crippen LogP contribution in [-0.4, -0.2) is 36.4 Å². The van der Waals surface area contributed by atoms with Crippen LogP contribution < -0.4 is 0 Å². The molecule has 0 unspecified atom stereocenters. The van der Waals surface area contributed by atoms with E-state index in [2.05, 4.69) is 0 Å². The van der Waals surface area contributed by atoms with E-state index in [1.165, 1.54) is 28.6 Å². The minimum Gasteiger partial charge on any atom is -0.478 e. The van der Waals surface area contributed by atoms with Crippen molar-refractivity contribution in [3.63, 3.8) is 0 Å². The van der Waals surface area contributed by atoms with Crippen molar-refractivity contribution >= 4 is 16.0 Å². The maximum atomic E-state index is 12.5. The third-order valence-corrected chi connectivity index (χ3v) is 5.44. The molecule has 0 bridgehead atoms. The molecule has 0 aromatic heterocycles. The Kier molecular flexibility index (Phi) is 3.91. The fraction of sp³-hybridized carbons (Fsp3) is 0.462. The van der Waals surface area contributed by atoms with Crippen molar-refractivity contribution in [2.75, 3.05) is 6.54 Å². The molecule has 0 radical (unpaired) electrons. The Balaban J connectivity index is 2.38. The summed E-state index contributed by atoms with van der Waals surface area (Å²) < 4.78 is 26.5. The molecule has 1 atom stereocenters. The average molecular weight is 283 g/mol. The first kappa shape index (κ1) is 14.0. The van der Waals surface area contributed by atoms with E-state index in [-0.39, 0.29) is 16.5 Å². The van der Waals surface area contributed by atoms with Gasteiger partial charge in [-0.25, -0.2) is 13.2 Å². The van der Waals surface area contributed by atoms with E-state index in [0.29, 0.717) is 6.54 Å². The van der Waals surface area contributed by atoms with Gasteiger partial charge in [0.05, 0.1) is 10.5 Å². The number of hydrogen-bond acceptors (Lipinski definition) is 3. The highest BCUT2D eigenvalue weighted by molar-refractivity contribution is 7.89. The van der Waals surface area contributed by atoms with Gasteiger partial charge in [0.25, 0.3) is 0 Å². The second-order valence-electron chi connectivity index (χ2n) is 4.79. The SMILES string of the molecule is C[C@H]1CCCCN1S(=O)(=O)c1cccc(C(=O)O)c1. The summed E-state index contributed by atoms with van der Waals surface area (Å²) in [4.78, 5) is 11.0. The number of piperidine rings is 1. The van der Waals surface area contributed by atoms with Crippen molar-refractivity contribution in [2.24, 2.45) is 0 Å². The van der Waals surface area contributed by atoms with Gasteiger partial charge in [-0.1, -0.05) is 12.5 Å². The standard InChI is InChI=1S/C13H17NO4S/c1-10-5-2-3-8-14(10)19(17,18)12-7-4-6-11(9-12)13(15)16/h4,6-7,9-10H,2-3,5,8H2,1H3,(H,15,16)/t10-/m0/s1. The second kappa shape index (κ2) is 5.30. The van der Waals surface area contributed by atoms with Crippen molar-refractivity contribution in [1.29, 1.82) is 0 Å². The molecule has 19 heavy (non-hydrogen) atoms. The van der Waals surface area contributed by atoms with Gasteiger partial charge in [0.1, 0.15) is 0 Å². The van der Waals surface area contributed by atoms with Crippen LogP contribution in [0, 0.1) is 0 Å². The first-order chi connectivity index (χ1) is 8.93. The highest BCUT2D eigenvalue weighted by Gasteiger charge is 2.31. The molecule has 1 aliphatic heterocycles. The summed E-state index contributed by atoms with van der Waals surface area (Å²) >= 11 is 0. The summed E-state index contributed by atoms with van der Waals surface area (Å²) in [5.74, 6) is -1.12. The van der Waals surface area contributed by atoms with Crippen LogP contribution in [-0.2, 0) is 10.0 Å². The molecule has 1 aromatic rings. The monoisotopic (exact) mass is 283 g/mol. The maximum absolute atomic E-state index is 12.5. The summed E-state index contributed by atoms with van der Waals surface area (Å²) in [6.07, 6.45) is 2.72. The van der Waals surface area contributed by atoms with Crippen molar-refractivity contribution in [1.82, 2.24) is 4.31 Å². The zero-order valence-electron chi connectivity index (χ0n) is 10.7. The third kappa shape index (κ3) is 2.79. The van der Waals surface area contributed by atoms with Crippen molar-refractivity contribution in [3.8, 4) is 0 Å². The van der Waals surface area contributed by atoms with Gasteiger partial charge >= 0.3 is 5.97 Å². The van der Waals surface area contributed by atoms with Gasteiger partial charge in [0, 0.05) is 12.6 Å². The fourth-order valence-electron chi connectivity index (χ4n) is 2.35. The zero-order valence-corrected chi connectivity index (χ0v) is 11.6. The quantitative estimate of drug-likeness (QED) is 0.920. The molecular weight excluding hydrogens is 266 g/mol. The summed E-state index contributed by atoms with van der Waals surface area (Å²) in [6, 6.07) is 5.49. The Morgan fingerprint density at radius 3 is 2.74 bits per heavy atom. The molecule has 1 aliphatic rings. The van der Waals surface area contributed by atoms with Gasteiger partial charge in [0.2, 0.25) is 10.0 Å². The Morgan fingerprint density at radius 1 is 1.37 bits per heavy atom.